The number of carbonyl (C=O) groups is 1. The minimum atomic E-state index is -4.47. The van der Waals surface area contributed by atoms with Crippen molar-refractivity contribution in [2.45, 2.75) is 45.5 Å². The average molecular weight is 524 g/mol. The number of benzene rings is 1. The van der Waals surface area contributed by atoms with Crippen LogP contribution in [0.25, 0.3) is 5.78 Å². The van der Waals surface area contributed by atoms with Gasteiger partial charge < -0.3 is 4.90 Å². The van der Waals surface area contributed by atoms with Crippen molar-refractivity contribution in [2.75, 3.05) is 11.4 Å². The summed E-state index contributed by atoms with van der Waals surface area (Å²) in [6.45, 7) is 3.30. The number of anilines is 1. The average Bonchev–Trinajstić information content (AvgIpc) is 3.67. The van der Waals surface area contributed by atoms with E-state index in [4.69, 9.17) is 4.99 Å². The summed E-state index contributed by atoms with van der Waals surface area (Å²) in [6, 6.07) is 4.83. The van der Waals surface area contributed by atoms with Crippen molar-refractivity contribution in [3.8, 4) is 0 Å². The van der Waals surface area contributed by atoms with Crippen LogP contribution >= 0.6 is 0 Å². The highest BCUT2D eigenvalue weighted by molar-refractivity contribution is 6.05. The number of carbonyl (C=O) groups excluding carboxylic acids is 1. The molecule has 2 aliphatic rings. The summed E-state index contributed by atoms with van der Waals surface area (Å²) in [4.78, 5) is 36.3. The Morgan fingerprint density at radius 1 is 1.18 bits per heavy atom. The highest BCUT2D eigenvalue weighted by atomic mass is 19.4. The predicted octanol–water partition coefficient (Wildman–Crippen LogP) is 3.85. The Balaban J connectivity index is 1.19. The standard InChI is InChI=1S/C26H24F3N7O2/c1-2-7-35-24(38)20-11-21(32-23(20)34-8-6-30-25(34)35)17-12-31-33(15-17)13-16-9-22(37)36(14-16)19-5-3-4-18(10-19)26(27,28)29/h3-6,8,10,12,15-16H,2,7,9,11,13-14H2,1H3. The molecule has 1 saturated heterocycles. The van der Waals surface area contributed by atoms with Crippen LogP contribution in [0.4, 0.5) is 24.7 Å². The number of rotatable bonds is 6. The SMILES string of the molecule is CCCn1c(=O)c2c(n3ccnc13)N=C(c1cnn(CC3CC(=O)N(c4cccc(C(F)(F)F)c4)C3)c1)C2. The molecule has 0 radical (unpaired) electrons. The lowest BCUT2D eigenvalue weighted by atomic mass is 10.1. The number of fused-ring (bicyclic) bond motifs is 3. The Labute approximate surface area is 214 Å². The van der Waals surface area contributed by atoms with Crippen molar-refractivity contribution in [3.63, 3.8) is 0 Å². The Kier molecular flexibility index (Phi) is 5.69. The van der Waals surface area contributed by atoms with E-state index in [9.17, 15) is 22.8 Å². The van der Waals surface area contributed by atoms with E-state index in [1.165, 1.54) is 17.0 Å². The van der Waals surface area contributed by atoms with Gasteiger partial charge in [0, 0.05) is 68.2 Å². The summed E-state index contributed by atoms with van der Waals surface area (Å²) >= 11 is 0. The minimum Gasteiger partial charge on any atom is -0.312 e. The molecule has 1 aromatic carbocycles. The number of alkyl halides is 3. The van der Waals surface area contributed by atoms with Crippen LogP contribution in [0.15, 0.2) is 58.8 Å². The molecule has 3 aromatic heterocycles. The lowest BCUT2D eigenvalue weighted by Gasteiger charge is -2.18. The molecule has 0 aliphatic carbocycles. The number of hydrogen-bond acceptors (Lipinski definition) is 5. The maximum atomic E-state index is 13.1. The first kappa shape index (κ1) is 24.1. The predicted molar refractivity (Wildman–Crippen MR) is 134 cm³/mol. The van der Waals surface area contributed by atoms with Gasteiger partial charge in [-0.25, -0.2) is 9.98 Å². The second kappa shape index (κ2) is 8.96. The van der Waals surface area contributed by atoms with Gasteiger partial charge in [-0.3, -0.25) is 23.2 Å². The van der Waals surface area contributed by atoms with Crippen LogP contribution < -0.4 is 10.5 Å². The van der Waals surface area contributed by atoms with Crippen LogP contribution in [0.3, 0.4) is 0 Å². The maximum Gasteiger partial charge on any atom is 0.416 e. The van der Waals surface area contributed by atoms with E-state index in [1.807, 2.05) is 17.5 Å². The number of halogens is 3. The number of hydrogen-bond donors (Lipinski definition) is 0. The molecule has 1 atom stereocenters. The lowest BCUT2D eigenvalue weighted by Crippen LogP contribution is -2.26. The highest BCUT2D eigenvalue weighted by Gasteiger charge is 2.34. The van der Waals surface area contributed by atoms with Gasteiger partial charge in [0.05, 0.1) is 23.0 Å². The zero-order valence-corrected chi connectivity index (χ0v) is 20.5. The van der Waals surface area contributed by atoms with Crippen molar-refractivity contribution >= 4 is 28.9 Å². The van der Waals surface area contributed by atoms with Gasteiger partial charge in [0.25, 0.3) is 5.56 Å². The molecule has 0 N–H and O–H groups in total. The van der Waals surface area contributed by atoms with Crippen molar-refractivity contribution in [3.05, 3.63) is 76.1 Å². The molecule has 12 heteroatoms. The molecule has 1 unspecified atom stereocenters. The van der Waals surface area contributed by atoms with Gasteiger partial charge >= 0.3 is 6.18 Å². The second-order valence-electron chi connectivity index (χ2n) is 9.67. The fourth-order valence-electron chi connectivity index (χ4n) is 5.24. The zero-order valence-electron chi connectivity index (χ0n) is 20.5. The van der Waals surface area contributed by atoms with Crippen LogP contribution in [0, 0.1) is 5.92 Å². The molecule has 1 fully saturated rings. The Bertz CT molecular complexity index is 1650. The van der Waals surface area contributed by atoms with E-state index in [1.54, 1.807) is 27.8 Å². The molecule has 6 rings (SSSR count). The molecule has 0 spiro atoms. The van der Waals surface area contributed by atoms with Gasteiger partial charge in [0.15, 0.2) is 0 Å². The molecule has 1 amide bonds. The Morgan fingerprint density at radius 3 is 2.82 bits per heavy atom. The summed E-state index contributed by atoms with van der Waals surface area (Å²) in [5.74, 6) is 0.813. The smallest absolute Gasteiger partial charge is 0.312 e. The minimum absolute atomic E-state index is 0.0918. The monoisotopic (exact) mass is 523 g/mol. The summed E-state index contributed by atoms with van der Waals surface area (Å²) in [6.07, 6.45) is 3.88. The van der Waals surface area contributed by atoms with E-state index in [2.05, 4.69) is 10.1 Å². The largest absolute Gasteiger partial charge is 0.416 e. The van der Waals surface area contributed by atoms with E-state index in [0.717, 1.165) is 29.8 Å². The lowest BCUT2D eigenvalue weighted by molar-refractivity contribution is -0.137. The van der Waals surface area contributed by atoms with E-state index >= 15 is 0 Å². The first-order valence-electron chi connectivity index (χ1n) is 12.4. The first-order valence-corrected chi connectivity index (χ1v) is 12.4. The van der Waals surface area contributed by atoms with Crippen LogP contribution in [0.5, 0.6) is 0 Å². The third kappa shape index (κ3) is 4.09. The molecule has 38 heavy (non-hydrogen) atoms. The van der Waals surface area contributed by atoms with Gasteiger partial charge in [-0.1, -0.05) is 13.0 Å². The molecule has 9 nitrogen and oxygen atoms in total. The summed E-state index contributed by atoms with van der Waals surface area (Å²) in [7, 11) is 0. The molecular weight excluding hydrogens is 499 g/mol. The van der Waals surface area contributed by atoms with Crippen LogP contribution in [-0.2, 0) is 30.5 Å². The second-order valence-corrected chi connectivity index (χ2v) is 9.67. The number of aliphatic imine (C=N–C) groups is 1. The molecule has 5 heterocycles. The number of amides is 1. The molecule has 0 saturated carbocycles. The van der Waals surface area contributed by atoms with Gasteiger partial charge in [-0.05, 0) is 24.6 Å². The summed E-state index contributed by atoms with van der Waals surface area (Å²) in [5, 5.41) is 4.43. The van der Waals surface area contributed by atoms with Crippen LogP contribution in [0.2, 0.25) is 0 Å². The van der Waals surface area contributed by atoms with Crippen molar-refractivity contribution in [1.29, 1.82) is 0 Å². The van der Waals surface area contributed by atoms with E-state index < -0.39 is 11.7 Å². The third-order valence-electron chi connectivity index (χ3n) is 7.00. The summed E-state index contributed by atoms with van der Waals surface area (Å²) < 4.78 is 44.6. The normalized spacial score (nSPS) is 17.5. The van der Waals surface area contributed by atoms with Crippen molar-refractivity contribution < 1.29 is 18.0 Å². The molecule has 4 aromatic rings. The third-order valence-corrected chi connectivity index (χ3v) is 7.00. The quantitative estimate of drug-likeness (QED) is 0.384. The van der Waals surface area contributed by atoms with E-state index in [-0.39, 0.29) is 29.5 Å². The topological polar surface area (TPSA) is 89.8 Å². The van der Waals surface area contributed by atoms with Gasteiger partial charge in [0.2, 0.25) is 11.7 Å². The van der Waals surface area contributed by atoms with Gasteiger partial charge in [0.1, 0.15) is 5.82 Å². The molecule has 0 bridgehead atoms. The van der Waals surface area contributed by atoms with Crippen molar-refractivity contribution in [2.24, 2.45) is 10.9 Å². The first-order chi connectivity index (χ1) is 18.2. The fraction of sp³-hybridized carbons (Fsp3) is 0.346. The number of imidazole rings is 1. The zero-order chi connectivity index (χ0) is 26.6. The number of aryl methyl sites for hydroxylation is 1. The Morgan fingerprint density at radius 2 is 2.03 bits per heavy atom. The molecular formula is C26H24F3N7O2. The van der Waals surface area contributed by atoms with Crippen LogP contribution in [0.1, 0.15) is 36.5 Å². The molecule has 196 valence electrons. The fourth-order valence-corrected chi connectivity index (χ4v) is 5.24. The number of nitrogens with zero attached hydrogens (tertiary/aromatic N) is 7. The Hall–Kier alpha value is -4.22. The van der Waals surface area contributed by atoms with Crippen molar-refractivity contribution in [1.82, 2.24) is 23.7 Å². The maximum absolute atomic E-state index is 13.1. The molecule has 2 aliphatic heterocycles. The number of aromatic nitrogens is 5. The summed E-state index contributed by atoms with van der Waals surface area (Å²) in [5.41, 5.74) is 1.48. The highest BCUT2D eigenvalue weighted by Crippen LogP contribution is 2.34. The van der Waals surface area contributed by atoms with E-state index in [0.29, 0.717) is 43.2 Å². The van der Waals surface area contributed by atoms with Gasteiger partial charge in [-0.2, -0.15) is 18.3 Å². The van der Waals surface area contributed by atoms with Gasteiger partial charge in [-0.15, -0.1) is 0 Å². The van der Waals surface area contributed by atoms with Crippen LogP contribution in [-0.4, -0.2) is 41.9 Å².